The Balaban J connectivity index is 2.49. The number of rotatable bonds is 4. The standard InChI is InChI=1S/C10H14FNS/c1-8(11)7-13-10-4-2-9(6-12)3-5-10/h2-5,8H,6-7,12H2,1H3. The van der Waals surface area contributed by atoms with Crippen LogP contribution >= 0.6 is 11.8 Å². The molecule has 0 saturated carbocycles. The number of thioether (sulfide) groups is 1. The summed E-state index contributed by atoms with van der Waals surface area (Å²) in [6.07, 6.45) is -0.751. The summed E-state index contributed by atoms with van der Waals surface area (Å²) in [5.41, 5.74) is 6.56. The number of nitrogens with two attached hydrogens (primary N) is 1. The molecule has 0 bridgehead atoms. The summed E-state index contributed by atoms with van der Waals surface area (Å²) in [6.45, 7) is 2.13. The van der Waals surface area contributed by atoms with E-state index in [9.17, 15) is 4.39 Å². The average molecular weight is 199 g/mol. The zero-order chi connectivity index (χ0) is 9.68. The highest BCUT2D eigenvalue weighted by molar-refractivity contribution is 7.99. The Morgan fingerprint density at radius 1 is 1.38 bits per heavy atom. The highest BCUT2D eigenvalue weighted by Crippen LogP contribution is 2.19. The third-order valence-electron chi connectivity index (χ3n) is 1.64. The lowest BCUT2D eigenvalue weighted by atomic mass is 10.2. The Morgan fingerprint density at radius 3 is 2.46 bits per heavy atom. The maximum Gasteiger partial charge on any atom is 0.107 e. The minimum atomic E-state index is -0.751. The maximum atomic E-state index is 12.5. The van der Waals surface area contributed by atoms with E-state index in [4.69, 9.17) is 5.73 Å². The van der Waals surface area contributed by atoms with E-state index in [1.54, 1.807) is 6.92 Å². The Hall–Kier alpha value is -0.540. The number of benzene rings is 1. The van der Waals surface area contributed by atoms with Crippen molar-refractivity contribution in [1.29, 1.82) is 0 Å². The first kappa shape index (κ1) is 10.5. The van der Waals surface area contributed by atoms with Crippen LogP contribution in [0.2, 0.25) is 0 Å². The second-order valence-electron chi connectivity index (χ2n) is 2.94. The van der Waals surface area contributed by atoms with Gasteiger partial charge in [0.2, 0.25) is 0 Å². The van der Waals surface area contributed by atoms with E-state index in [0.717, 1.165) is 10.5 Å². The van der Waals surface area contributed by atoms with Crippen LogP contribution in [-0.4, -0.2) is 11.9 Å². The summed E-state index contributed by atoms with van der Waals surface area (Å²) in [5.74, 6) is 0.516. The Morgan fingerprint density at radius 2 is 2.00 bits per heavy atom. The molecule has 1 aromatic carbocycles. The van der Waals surface area contributed by atoms with Gasteiger partial charge in [0.15, 0.2) is 0 Å². The highest BCUT2D eigenvalue weighted by Gasteiger charge is 1.99. The average Bonchev–Trinajstić information content (AvgIpc) is 2.15. The first-order valence-electron chi connectivity index (χ1n) is 4.28. The Bertz CT molecular complexity index is 246. The van der Waals surface area contributed by atoms with E-state index in [0.29, 0.717) is 12.3 Å². The number of halogens is 1. The van der Waals surface area contributed by atoms with Crippen molar-refractivity contribution in [2.45, 2.75) is 24.5 Å². The van der Waals surface area contributed by atoms with Crippen LogP contribution in [0.4, 0.5) is 4.39 Å². The maximum absolute atomic E-state index is 12.5. The minimum Gasteiger partial charge on any atom is -0.326 e. The van der Waals surface area contributed by atoms with E-state index in [1.807, 2.05) is 24.3 Å². The summed E-state index contributed by atoms with van der Waals surface area (Å²) in [4.78, 5) is 1.10. The molecule has 13 heavy (non-hydrogen) atoms. The van der Waals surface area contributed by atoms with Crippen LogP contribution in [-0.2, 0) is 6.54 Å². The molecule has 0 saturated heterocycles. The van der Waals surface area contributed by atoms with Gasteiger partial charge in [0.25, 0.3) is 0 Å². The van der Waals surface area contributed by atoms with Gasteiger partial charge < -0.3 is 5.73 Å². The molecule has 0 radical (unpaired) electrons. The van der Waals surface area contributed by atoms with Crippen molar-refractivity contribution in [3.05, 3.63) is 29.8 Å². The summed E-state index contributed by atoms with van der Waals surface area (Å²) in [6, 6.07) is 7.92. The van der Waals surface area contributed by atoms with Crippen LogP contribution in [0.1, 0.15) is 12.5 Å². The van der Waals surface area contributed by atoms with Gasteiger partial charge in [-0.1, -0.05) is 12.1 Å². The molecule has 0 aliphatic carbocycles. The van der Waals surface area contributed by atoms with Crippen LogP contribution in [0.5, 0.6) is 0 Å². The fraction of sp³-hybridized carbons (Fsp3) is 0.400. The molecular weight excluding hydrogens is 185 g/mol. The van der Waals surface area contributed by atoms with E-state index in [-0.39, 0.29) is 0 Å². The van der Waals surface area contributed by atoms with E-state index in [1.165, 1.54) is 11.8 Å². The van der Waals surface area contributed by atoms with Crippen molar-refractivity contribution in [2.24, 2.45) is 5.73 Å². The molecular formula is C10H14FNS. The van der Waals surface area contributed by atoms with Crippen molar-refractivity contribution in [2.75, 3.05) is 5.75 Å². The summed E-state index contributed by atoms with van der Waals surface area (Å²) in [5, 5.41) is 0. The van der Waals surface area contributed by atoms with Gasteiger partial charge in [0.05, 0.1) is 0 Å². The summed E-state index contributed by atoms with van der Waals surface area (Å²) < 4.78 is 12.5. The van der Waals surface area contributed by atoms with E-state index < -0.39 is 6.17 Å². The molecule has 2 N–H and O–H groups in total. The first-order chi connectivity index (χ1) is 6.22. The molecule has 0 aromatic heterocycles. The van der Waals surface area contributed by atoms with Crippen molar-refractivity contribution in [3.8, 4) is 0 Å². The molecule has 0 aliphatic heterocycles. The van der Waals surface area contributed by atoms with Gasteiger partial charge in [-0.05, 0) is 24.6 Å². The molecule has 3 heteroatoms. The SMILES string of the molecule is CC(F)CSc1ccc(CN)cc1. The quantitative estimate of drug-likeness (QED) is 0.754. The van der Waals surface area contributed by atoms with Gasteiger partial charge in [-0.2, -0.15) is 0 Å². The van der Waals surface area contributed by atoms with Crippen molar-refractivity contribution < 1.29 is 4.39 Å². The second kappa shape index (κ2) is 5.25. The first-order valence-corrected chi connectivity index (χ1v) is 5.27. The lowest BCUT2D eigenvalue weighted by molar-refractivity contribution is 0.398. The lowest BCUT2D eigenvalue weighted by Crippen LogP contribution is -1.97. The van der Waals surface area contributed by atoms with E-state index in [2.05, 4.69) is 0 Å². The van der Waals surface area contributed by atoms with Crippen LogP contribution in [0.15, 0.2) is 29.2 Å². The van der Waals surface area contributed by atoms with Gasteiger partial charge in [-0.3, -0.25) is 0 Å². The Labute approximate surface area is 82.5 Å². The van der Waals surface area contributed by atoms with Crippen LogP contribution in [0, 0.1) is 0 Å². The fourth-order valence-electron chi connectivity index (χ4n) is 0.933. The van der Waals surface area contributed by atoms with Crippen molar-refractivity contribution in [1.82, 2.24) is 0 Å². The van der Waals surface area contributed by atoms with Gasteiger partial charge in [0.1, 0.15) is 6.17 Å². The third kappa shape index (κ3) is 3.79. The molecule has 0 spiro atoms. The number of hydrogen-bond donors (Lipinski definition) is 1. The monoisotopic (exact) mass is 199 g/mol. The van der Waals surface area contributed by atoms with Gasteiger partial charge in [-0.25, -0.2) is 4.39 Å². The summed E-state index contributed by atoms with van der Waals surface area (Å²) >= 11 is 1.53. The molecule has 72 valence electrons. The van der Waals surface area contributed by atoms with Crippen LogP contribution in [0.25, 0.3) is 0 Å². The minimum absolute atomic E-state index is 0.516. The molecule has 1 aromatic rings. The summed E-state index contributed by atoms with van der Waals surface area (Å²) in [7, 11) is 0. The highest BCUT2D eigenvalue weighted by atomic mass is 32.2. The zero-order valence-corrected chi connectivity index (χ0v) is 8.48. The molecule has 1 rings (SSSR count). The molecule has 1 unspecified atom stereocenters. The second-order valence-corrected chi connectivity index (χ2v) is 4.03. The van der Waals surface area contributed by atoms with Crippen molar-refractivity contribution in [3.63, 3.8) is 0 Å². The molecule has 0 aliphatic rings. The lowest BCUT2D eigenvalue weighted by Gasteiger charge is -2.03. The Kier molecular flexibility index (Phi) is 4.25. The van der Waals surface area contributed by atoms with Gasteiger partial charge in [0, 0.05) is 17.2 Å². The smallest absolute Gasteiger partial charge is 0.107 e. The largest absolute Gasteiger partial charge is 0.326 e. The molecule has 0 heterocycles. The molecule has 0 amide bonds. The number of hydrogen-bond acceptors (Lipinski definition) is 2. The molecule has 1 atom stereocenters. The topological polar surface area (TPSA) is 26.0 Å². The molecule has 0 fully saturated rings. The third-order valence-corrected chi connectivity index (χ3v) is 2.87. The van der Waals surface area contributed by atoms with Crippen molar-refractivity contribution >= 4 is 11.8 Å². The van der Waals surface area contributed by atoms with Gasteiger partial charge in [-0.15, -0.1) is 11.8 Å². The normalized spacial score (nSPS) is 12.8. The fourth-order valence-corrected chi connectivity index (χ4v) is 1.68. The van der Waals surface area contributed by atoms with E-state index >= 15 is 0 Å². The van der Waals surface area contributed by atoms with Gasteiger partial charge >= 0.3 is 0 Å². The molecule has 1 nitrogen and oxygen atoms in total. The van der Waals surface area contributed by atoms with Crippen LogP contribution in [0.3, 0.4) is 0 Å². The predicted molar refractivity (Wildman–Crippen MR) is 55.6 cm³/mol. The number of alkyl halides is 1. The van der Waals surface area contributed by atoms with Crippen LogP contribution < -0.4 is 5.73 Å². The zero-order valence-electron chi connectivity index (χ0n) is 7.66. The predicted octanol–water partition coefficient (Wildman–Crippen LogP) is 2.60.